The van der Waals surface area contributed by atoms with E-state index in [4.69, 9.17) is 5.21 Å². The molecule has 1 aromatic heterocycles. The third-order valence-electron chi connectivity index (χ3n) is 3.00. The molecule has 0 spiro atoms. The molecule has 0 fully saturated rings. The van der Waals surface area contributed by atoms with E-state index in [1.54, 1.807) is 9.36 Å². The van der Waals surface area contributed by atoms with E-state index in [1.165, 1.54) is 0 Å². The van der Waals surface area contributed by atoms with Gasteiger partial charge in [0.15, 0.2) is 0 Å². The van der Waals surface area contributed by atoms with E-state index in [-0.39, 0.29) is 12.0 Å². The minimum Gasteiger partial charge on any atom is -0.411 e. The normalized spacial score (nSPS) is 11.2. The molecule has 18 heavy (non-hydrogen) atoms. The SMILES string of the molecule is Cc1c(C[C]=NO)c(=O)n(-c2ccccc2)n1C. The quantitative estimate of drug-likeness (QED) is 0.503. The molecule has 0 saturated carbocycles. The lowest BCUT2D eigenvalue weighted by atomic mass is 10.2. The minimum atomic E-state index is -0.114. The molecular formula is C13H14N3O2. The molecule has 0 atom stereocenters. The second kappa shape index (κ2) is 4.91. The molecule has 1 N–H and O–H groups in total. The molecule has 0 aliphatic rings. The first-order chi connectivity index (χ1) is 8.66. The molecule has 0 aliphatic heterocycles. The van der Waals surface area contributed by atoms with Gasteiger partial charge in [0.25, 0.3) is 5.56 Å². The summed E-state index contributed by atoms with van der Waals surface area (Å²) in [5.41, 5.74) is 2.11. The fourth-order valence-electron chi connectivity index (χ4n) is 1.94. The average molecular weight is 244 g/mol. The predicted octanol–water partition coefficient (Wildman–Crippen LogP) is 1.36. The minimum absolute atomic E-state index is 0.114. The number of benzene rings is 1. The Balaban J connectivity index is 2.60. The first-order valence-corrected chi connectivity index (χ1v) is 5.56. The van der Waals surface area contributed by atoms with E-state index in [2.05, 4.69) is 11.4 Å². The molecule has 0 saturated heterocycles. The van der Waals surface area contributed by atoms with Gasteiger partial charge < -0.3 is 5.21 Å². The molecule has 2 aromatic rings. The summed E-state index contributed by atoms with van der Waals surface area (Å²) in [5, 5.41) is 11.2. The van der Waals surface area contributed by atoms with E-state index < -0.39 is 0 Å². The van der Waals surface area contributed by atoms with Crippen molar-refractivity contribution in [2.45, 2.75) is 13.3 Å². The first kappa shape index (κ1) is 12.2. The number of aromatic nitrogens is 2. The van der Waals surface area contributed by atoms with Crippen LogP contribution in [-0.2, 0) is 13.5 Å². The summed E-state index contributed by atoms with van der Waals surface area (Å²) in [6.07, 6.45) is 2.60. The van der Waals surface area contributed by atoms with Gasteiger partial charge in [-0.05, 0) is 19.1 Å². The van der Waals surface area contributed by atoms with Crippen molar-refractivity contribution in [1.82, 2.24) is 9.36 Å². The van der Waals surface area contributed by atoms with Gasteiger partial charge in [-0.1, -0.05) is 23.4 Å². The van der Waals surface area contributed by atoms with Crippen LogP contribution in [0.25, 0.3) is 5.69 Å². The molecule has 5 heteroatoms. The van der Waals surface area contributed by atoms with E-state index in [1.807, 2.05) is 44.3 Å². The van der Waals surface area contributed by atoms with Crippen LogP contribution >= 0.6 is 0 Å². The molecule has 0 aliphatic carbocycles. The Kier molecular flexibility index (Phi) is 3.32. The molecular weight excluding hydrogens is 230 g/mol. The summed E-state index contributed by atoms with van der Waals surface area (Å²) >= 11 is 0. The van der Waals surface area contributed by atoms with E-state index in [0.29, 0.717) is 5.56 Å². The van der Waals surface area contributed by atoms with Crippen LogP contribution < -0.4 is 5.56 Å². The lowest BCUT2D eigenvalue weighted by molar-refractivity contribution is 0.321. The maximum absolute atomic E-state index is 12.3. The monoisotopic (exact) mass is 244 g/mol. The Hall–Kier alpha value is -2.30. The van der Waals surface area contributed by atoms with E-state index in [9.17, 15) is 4.79 Å². The van der Waals surface area contributed by atoms with Crippen LogP contribution in [-0.4, -0.2) is 20.8 Å². The van der Waals surface area contributed by atoms with Crippen LogP contribution in [0.1, 0.15) is 11.3 Å². The van der Waals surface area contributed by atoms with Crippen molar-refractivity contribution in [1.29, 1.82) is 0 Å². The molecule has 2 rings (SSSR count). The van der Waals surface area contributed by atoms with Gasteiger partial charge in [0.1, 0.15) is 6.21 Å². The van der Waals surface area contributed by atoms with Crippen molar-refractivity contribution in [3.63, 3.8) is 0 Å². The summed E-state index contributed by atoms with van der Waals surface area (Å²) in [6.45, 7) is 1.86. The zero-order valence-corrected chi connectivity index (χ0v) is 10.3. The van der Waals surface area contributed by atoms with Crippen LogP contribution in [0.15, 0.2) is 40.3 Å². The Labute approximate surface area is 105 Å². The van der Waals surface area contributed by atoms with Gasteiger partial charge in [-0.25, -0.2) is 4.68 Å². The third kappa shape index (κ3) is 1.95. The summed E-state index contributed by atoms with van der Waals surface area (Å²) in [6, 6.07) is 9.40. The van der Waals surface area contributed by atoms with Crippen molar-refractivity contribution in [2.24, 2.45) is 12.2 Å². The van der Waals surface area contributed by atoms with Gasteiger partial charge in [-0.15, -0.1) is 0 Å². The molecule has 1 aromatic carbocycles. The van der Waals surface area contributed by atoms with Crippen molar-refractivity contribution in [3.8, 4) is 5.69 Å². The highest BCUT2D eigenvalue weighted by Crippen LogP contribution is 2.09. The summed E-state index contributed by atoms with van der Waals surface area (Å²) in [5.74, 6) is 0. The van der Waals surface area contributed by atoms with Crippen molar-refractivity contribution in [2.75, 3.05) is 0 Å². The lowest BCUT2D eigenvalue weighted by Gasteiger charge is -2.07. The van der Waals surface area contributed by atoms with E-state index in [0.717, 1.165) is 11.4 Å². The molecule has 0 amide bonds. The predicted molar refractivity (Wildman–Crippen MR) is 68.7 cm³/mol. The second-order valence-corrected chi connectivity index (χ2v) is 3.97. The summed E-state index contributed by atoms with van der Waals surface area (Å²) in [4.78, 5) is 12.3. The van der Waals surface area contributed by atoms with Crippen molar-refractivity contribution >= 4 is 6.21 Å². The van der Waals surface area contributed by atoms with Crippen LogP contribution in [0.2, 0.25) is 0 Å². The van der Waals surface area contributed by atoms with Crippen molar-refractivity contribution in [3.05, 3.63) is 51.9 Å². The van der Waals surface area contributed by atoms with Crippen LogP contribution in [0.5, 0.6) is 0 Å². The van der Waals surface area contributed by atoms with Crippen LogP contribution in [0.4, 0.5) is 0 Å². The number of nitrogens with zero attached hydrogens (tertiary/aromatic N) is 3. The lowest BCUT2D eigenvalue weighted by Crippen LogP contribution is -2.21. The molecule has 0 unspecified atom stereocenters. The number of para-hydroxylation sites is 1. The van der Waals surface area contributed by atoms with Crippen LogP contribution in [0.3, 0.4) is 0 Å². The standard InChI is InChI=1S/C13H14N3O2/c1-10-12(8-9-14-18)13(17)16(15(10)2)11-6-4-3-5-7-11/h3-7,18H,8H2,1-2H3. The smallest absolute Gasteiger partial charge is 0.275 e. The summed E-state index contributed by atoms with van der Waals surface area (Å²) < 4.78 is 3.37. The zero-order chi connectivity index (χ0) is 13.1. The highest BCUT2D eigenvalue weighted by Gasteiger charge is 2.14. The first-order valence-electron chi connectivity index (χ1n) is 5.56. The molecule has 1 radical (unpaired) electrons. The Morgan fingerprint density at radius 3 is 2.61 bits per heavy atom. The fraction of sp³-hybridized carbons (Fsp3) is 0.231. The number of hydrogen-bond acceptors (Lipinski definition) is 3. The highest BCUT2D eigenvalue weighted by molar-refractivity contribution is 5.61. The molecule has 93 valence electrons. The Morgan fingerprint density at radius 2 is 2.00 bits per heavy atom. The maximum Gasteiger partial charge on any atom is 0.275 e. The Morgan fingerprint density at radius 1 is 1.33 bits per heavy atom. The highest BCUT2D eigenvalue weighted by atomic mass is 16.4. The summed E-state index contributed by atoms with van der Waals surface area (Å²) in [7, 11) is 1.82. The maximum atomic E-state index is 12.3. The van der Waals surface area contributed by atoms with Gasteiger partial charge in [0.2, 0.25) is 0 Å². The Bertz CT molecular complexity index is 624. The molecule has 5 nitrogen and oxygen atoms in total. The van der Waals surface area contributed by atoms with E-state index >= 15 is 0 Å². The third-order valence-corrected chi connectivity index (χ3v) is 3.00. The topological polar surface area (TPSA) is 59.5 Å². The molecule has 0 bridgehead atoms. The molecule has 1 heterocycles. The second-order valence-electron chi connectivity index (χ2n) is 3.97. The zero-order valence-electron chi connectivity index (χ0n) is 10.3. The van der Waals surface area contributed by atoms with Crippen molar-refractivity contribution < 1.29 is 5.21 Å². The van der Waals surface area contributed by atoms with Crippen LogP contribution in [0, 0.1) is 6.92 Å². The number of hydrogen-bond donors (Lipinski definition) is 1. The van der Waals surface area contributed by atoms with Gasteiger partial charge in [-0.3, -0.25) is 9.48 Å². The largest absolute Gasteiger partial charge is 0.411 e. The van der Waals surface area contributed by atoms with Gasteiger partial charge in [0, 0.05) is 24.7 Å². The van der Waals surface area contributed by atoms with Gasteiger partial charge in [0.05, 0.1) is 5.69 Å². The van der Waals surface area contributed by atoms with Gasteiger partial charge in [-0.2, -0.15) is 0 Å². The fourth-order valence-corrected chi connectivity index (χ4v) is 1.94. The van der Waals surface area contributed by atoms with Gasteiger partial charge >= 0.3 is 0 Å². The number of rotatable bonds is 3. The average Bonchev–Trinajstić information content (AvgIpc) is 2.60.